The lowest BCUT2D eigenvalue weighted by Gasteiger charge is -2.31. The zero-order chi connectivity index (χ0) is 13.0. The Morgan fingerprint density at radius 2 is 1.89 bits per heavy atom. The summed E-state index contributed by atoms with van der Waals surface area (Å²) in [5.74, 6) is 1.72. The topological polar surface area (TPSA) is 38.5 Å². The van der Waals surface area contributed by atoms with Crippen LogP contribution in [0.4, 0.5) is 5.69 Å². The normalized spacial score (nSPS) is 23.7. The van der Waals surface area contributed by atoms with Gasteiger partial charge >= 0.3 is 0 Å². The number of rotatable bonds is 4. The summed E-state index contributed by atoms with van der Waals surface area (Å²) in [7, 11) is 3.87. The van der Waals surface area contributed by atoms with Crippen LogP contribution in [0.25, 0.3) is 0 Å². The molecule has 0 heterocycles. The van der Waals surface area contributed by atoms with Crippen LogP contribution < -0.4 is 15.4 Å². The zero-order valence-electron chi connectivity index (χ0n) is 11.4. The van der Waals surface area contributed by atoms with Gasteiger partial charge in [0.25, 0.3) is 0 Å². The van der Waals surface area contributed by atoms with E-state index in [1.54, 1.807) is 7.11 Å². The molecule has 1 fully saturated rings. The van der Waals surface area contributed by atoms with Crippen molar-refractivity contribution >= 4 is 5.69 Å². The summed E-state index contributed by atoms with van der Waals surface area (Å²) in [5, 5.41) is 0. The van der Waals surface area contributed by atoms with Crippen LogP contribution >= 0.6 is 0 Å². The van der Waals surface area contributed by atoms with Gasteiger partial charge in [0.1, 0.15) is 5.75 Å². The van der Waals surface area contributed by atoms with Crippen molar-refractivity contribution in [2.24, 2.45) is 11.7 Å². The van der Waals surface area contributed by atoms with Crippen LogP contribution in [0.5, 0.6) is 5.75 Å². The number of methoxy groups -OCH3 is 1. The average Bonchev–Trinajstić information content (AvgIpc) is 2.41. The third kappa shape index (κ3) is 3.16. The summed E-state index contributed by atoms with van der Waals surface area (Å²) in [6, 6.07) is 8.63. The summed E-state index contributed by atoms with van der Waals surface area (Å²) in [6.45, 7) is 1.09. The monoisotopic (exact) mass is 248 g/mol. The van der Waals surface area contributed by atoms with E-state index in [4.69, 9.17) is 10.5 Å². The van der Waals surface area contributed by atoms with Gasteiger partial charge in [-0.25, -0.2) is 0 Å². The van der Waals surface area contributed by atoms with Gasteiger partial charge < -0.3 is 15.4 Å². The van der Waals surface area contributed by atoms with E-state index in [0.717, 1.165) is 18.2 Å². The van der Waals surface area contributed by atoms with Gasteiger partial charge in [-0.15, -0.1) is 0 Å². The molecule has 2 N–H and O–H groups in total. The quantitative estimate of drug-likeness (QED) is 0.890. The van der Waals surface area contributed by atoms with Crippen molar-refractivity contribution in [3.05, 3.63) is 24.3 Å². The standard InChI is InChI=1S/C15H24N2O/c1-17(11-12-7-9-13(16)10-8-12)14-5-3-4-6-15(14)18-2/h3-6,12-13H,7-11,16H2,1-2H3. The molecule has 1 aliphatic rings. The molecule has 3 nitrogen and oxygen atoms in total. The third-order valence-electron chi connectivity index (χ3n) is 3.92. The van der Waals surface area contributed by atoms with Crippen molar-refractivity contribution in [1.82, 2.24) is 0 Å². The van der Waals surface area contributed by atoms with E-state index in [0.29, 0.717) is 6.04 Å². The SMILES string of the molecule is COc1ccccc1N(C)CC1CCC(N)CC1. The fourth-order valence-electron chi connectivity index (χ4n) is 2.80. The van der Waals surface area contributed by atoms with E-state index in [2.05, 4.69) is 24.1 Å². The lowest BCUT2D eigenvalue weighted by Crippen LogP contribution is -2.32. The molecular formula is C15H24N2O. The summed E-state index contributed by atoms with van der Waals surface area (Å²) in [6.07, 6.45) is 4.84. The highest BCUT2D eigenvalue weighted by Gasteiger charge is 2.20. The Hall–Kier alpha value is -1.22. The van der Waals surface area contributed by atoms with Crippen LogP contribution in [-0.4, -0.2) is 26.7 Å². The molecule has 1 saturated carbocycles. The number of nitrogens with zero attached hydrogens (tertiary/aromatic N) is 1. The molecule has 0 aliphatic heterocycles. The summed E-state index contributed by atoms with van der Waals surface area (Å²) < 4.78 is 5.41. The van der Waals surface area contributed by atoms with Crippen LogP contribution in [0.2, 0.25) is 0 Å². The van der Waals surface area contributed by atoms with Crippen LogP contribution in [0.1, 0.15) is 25.7 Å². The van der Waals surface area contributed by atoms with Crippen molar-refractivity contribution < 1.29 is 4.74 Å². The Morgan fingerprint density at radius 1 is 1.22 bits per heavy atom. The predicted octanol–water partition coefficient (Wildman–Crippen LogP) is 2.65. The average molecular weight is 248 g/mol. The fourth-order valence-corrected chi connectivity index (χ4v) is 2.80. The maximum absolute atomic E-state index is 5.95. The lowest BCUT2D eigenvalue weighted by atomic mass is 9.86. The van der Waals surface area contributed by atoms with Gasteiger partial charge in [0, 0.05) is 19.6 Å². The maximum atomic E-state index is 5.95. The van der Waals surface area contributed by atoms with Crippen molar-refractivity contribution in [1.29, 1.82) is 0 Å². The van der Waals surface area contributed by atoms with Gasteiger partial charge in [0.05, 0.1) is 12.8 Å². The van der Waals surface area contributed by atoms with E-state index < -0.39 is 0 Å². The minimum Gasteiger partial charge on any atom is -0.495 e. The summed E-state index contributed by atoms with van der Waals surface area (Å²) in [5.41, 5.74) is 7.13. The molecule has 2 rings (SSSR count). The number of anilines is 1. The van der Waals surface area contributed by atoms with Crippen molar-refractivity contribution in [3.8, 4) is 5.75 Å². The number of hydrogen-bond donors (Lipinski definition) is 1. The highest BCUT2D eigenvalue weighted by atomic mass is 16.5. The van der Waals surface area contributed by atoms with E-state index in [1.807, 2.05) is 12.1 Å². The first-order valence-electron chi connectivity index (χ1n) is 6.80. The molecular weight excluding hydrogens is 224 g/mol. The second-order valence-electron chi connectivity index (χ2n) is 5.33. The van der Waals surface area contributed by atoms with E-state index in [9.17, 15) is 0 Å². The Bertz CT molecular complexity index is 373. The van der Waals surface area contributed by atoms with E-state index in [-0.39, 0.29) is 0 Å². The molecule has 1 aromatic rings. The highest BCUT2D eigenvalue weighted by Crippen LogP contribution is 2.30. The zero-order valence-corrected chi connectivity index (χ0v) is 11.4. The fraction of sp³-hybridized carbons (Fsp3) is 0.600. The molecule has 0 bridgehead atoms. The van der Waals surface area contributed by atoms with Crippen molar-refractivity contribution in [2.75, 3.05) is 25.6 Å². The molecule has 0 spiro atoms. The van der Waals surface area contributed by atoms with Gasteiger partial charge in [-0.1, -0.05) is 12.1 Å². The molecule has 100 valence electrons. The minimum absolute atomic E-state index is 0.429. The van der Waals surface area contributed by atoms with Gasteiger partial charge in [-0.05, 0) is 43.7 Å². The maximum Gasteiger partial charge on any atom is 0.142 e. The van der Waals surface area contributed by atoms with Gasteiger partial charge in [-0.2, -0.15) is 0 Å². The van der Waals surface area contributed by atoms with Crippen LogP contribution in [0, 0.1) is 5.92 Å². The van der Waals surface area contributed by atoms with Gasteiger partial charge in [0.15, 0.2) is 0 Å². The third-order valence-corrected chi connectivity index (χ3v) is 3.92. The van der Waals surface area contributed by atoms with Gasteiger partial charge in [0.2, 0.25) is 0 Å². The highest BCUT2D eigenvalue weighted by molar-refractivity contribution is 5.57. The summed E-state index contributed by atoms with van der Waals surface area (Å²) in [4.78, 5) is 2.31. The van der Waals surface area contributed by atoms with Crippen molar-refractivity contribution in [2.45, 2.75) is 31.7 Å². The molecule has 18 heavy (non-hydrogen) atoms. The first-order chi connectivity index (χ1) is 8.70. The number of ether oxygens (including phenoxy) is 1. The Balaban J connectivity index is 1.96. The largest absolute Gasteiger partial charge is 0.495 e. The number of benzene rings is 1. The molecule has 0 saturated heterocycles. The minimum atomic E-state index is 0.429. The van der Waals surface area contributed by atoms with Crippen LogP contribution in [0.3, 0.4) is 0 Å². The predicted molar refractivity (Wildman–Crippen MR) is 76.2 cm³/mol. The van der Waals surface area contributed by atoms with E-state index >= 15 is 0 Å². The molecule has 0 radical (unpaired) electrons. The van der Waals surface area contributed by atoms with E-state index in [1.165, 1.54) is 31.4 Å². The molecule has 0 aromatic heterocycles. The second kappa shape index (κ2) is 6.10. The molecule has 0 unspecified atom stereocenters. The van der Waals surface area contributed by atoms with Gasteiger partial charge in [-0.3, -0.25) is 0 Å². The number of nitrogens with two attached hydrogens (primary N) is 1. The second-order valence-corrected chi connectivity index (χ2v) is 5.33. The Kier molecular flexibility index (Phi) is 4.48. The molecule has 1 aromatic carbocycles. The first-order valence-corrected chi connectivity index (χ1v) is 6.80. The Morgan fingerprint density at radius 3 is 2.56 bits per heavy atom. The number of hydrogen-bond acceptors (Lipinski definition) is 3. The van der Waals surface area contributed by atoms with Crippen LogP contribution in [0.15, 0.2) is 24.3 Å². The molecule has 0 atom stereocenters. The Labute approximate surface area is 110 Å². The number of para-hydroxylation sites is 2. The van der Waals surface area contributed by atoms with Crippen LogP contribution in [-0.2, 0) is 0 Å². The molecule has 3 heteroatoms. The van der Waals surface area contributed by atoms with Crippen molar-refractivity contribution in [3.63, 3.8) is 0 Å². The molecule has 1 aliphatic carbocycles. The smallest absolute Gasteiger partial charge is 0.142 e. The molecule has 0 amide bonds. The summed E-state index contributed by atoms with van der Waals surface area (Å²) >= 11 is 0. The first kappa shape index (κ1) is 13.2. The lowest BCUT2D eigenvalue weighted by molar-refractivity contribution is 0.329.